The van der Waals surface area contributed by atoms with E-state index >= 15 is 4.39 Å². The second-order valence-electron chi connectivity index (χ2n) is 14.7. The molecule has 5 atom stereocenters. The lowest BCUT2D eigenvalue weighted by Crippen LogP contribution is -2.48. The van der Waals surface area contributed by atoms with Crippen LogP contribution >= 0.6 is 23.2 Å². The molecule has 1 saturated heterocycles. The first-order valence-electron chi connectivity index (χ1n) is 16.9. The number of ether oxygens (including phenoxy) is 1. The zero-order valence-corrected chi connectivity index (χ0v) is 30.8. The Morgan fingerprint density at radius 1 is 1.00 bits per heavy atom. The third kappa shape index (κ3) is 6.71. The van der Waals surface area contributed by atoms with Gasteiger partial charge >= 0.3 is 11.9 Å². The lowest BCUT2D eigenvalue weighted by molar-refractivity contribution is -0.118. The molecule has 0 aromatic heterocycles. The third-order valence-corrected chi connectivity index (χ3v) is 10.8. The normalized spacial score (nSPS) is 21.5. The molecule has 0 unspecified atom stereocenters. The first-order chi connectivity index (χ1) is 24.5. The number of methoxy groups -OCH3 is 1. The van der Waals surface area contributed by atoms with Crippen molar-refractivity contribution in [1.29, 1.82) is 0 Å². The molecule has 1 amide bonds. The van der Waals surface area contributed by atoms with E-state index < -0.39 is 41.0 Å². The Morgan fingerprint density at radius 3 is 2.31 bits per heavy atom. The molecular weight excluding hydrogens is 708 g/mol. The van der Waals surface area contributed by atoms with Crippen LogP contribution in [0.4, 0.5) is 15.8 Å². The molecule has 2 aliphatic rings. The molecule has 4 N–H and O–H groups in total. The minimum atomic E-state index is -1.14. The number of carboxylic acids is 2. The third-order valence-electron chi connectivity index (χ3n) is 10.3. The van der Waals surface area contributed by atoms with Crippen LogP contribution in [-0.2, 0) is 10.2 Å². The molecule has 6 rings (SSSR count). The molecule has 0 radical (unpaired) electrons. The summed E-state index contributed by atoms with van der Waals surface area (Å²) in [7, 11) is 1.38. The summed E-state index contributed by atoms with van der Waals surface area (Å²) in [6.45, 7) is 8.72. The minimum absolute atomic E-state index is 0.00931. The van der Waals surface area contributed by atoms with Gasteiger partial charge in [0.2, 0.25) is 5.91 Å². The van der Waals surface area contributed by atoms with Crippen LogP contribution in [0.2, 0.25) is 10.0 Å². The minimum Gasteiger partial charge on any atom is -0.495 e. The van der Waals surface area contributed by atoms with Gasteiger partial charge in [-0.3, -0.25) is 4.79 Å². The number of nitrogens with zero attached hydrogens (tertiary/aromatic N) is 1. The zero-order chi connectivity index (χ0) is 37.7. The van der Waals surface area contributed by atoms with Crippen molar-refractivity contribution < 1.29 is 33.7 Å². The lowest BCUT2D eigenvalue weighted by Gasteiger charge is -2.41. The van der Waals surface area contributed by atoms with Gasteiger partial charge < -0.3 is 30.5 Å². The van der Waals surface area contributed by atoms with Crippen LogP contribution < -0.4 is 20.3 Å². The summed E-state index contributed by atoms with van der Waals surface area (Å²) in [4.78, 5) is 40.1. The Kier molecular flexibility index (Phi) is 10.0. The van der Waals surface area contributed by atoms with E-state index in [-0.39, 0.29) is 50.6 Å². The first-order valence-corrected chi connectivity index (χ1v) is 17.6. The van der Waals surface area contributed by atoms with Crippen molar-refractivity contribution in [1.82, 2.24) is 5.32 Å². The monoisotopic (exact) mass is 747 g/mol. The first kappa shape index (κ1) is 37.1. The van der Waals surface area contributed by atoms with E-state index in [0.29, 0.717) is 18.0 Å². The van der Waals surface area contributed by atoms with E-state index in [1.165, 1.54) is 31.4 Å². The molecule has 12 heteroatoms. The van der Waals surface area contributed by atoms with E-state index in [2.05, 4.69) is 36.3 Å². The highest BCUT2D eigenvalue weighted by molar-refractivity contribution is 6.31. The van der Waals surface area contributed by atoms with Crippen LogP contribution in [-0.4, -0.2) is 53.8 Å². The highest BCUT2D eigenvalue weighted by Gasteiger charge is 2.63. The van der Waals surface area contributed by atoms with E-state index in [0.717, 1.165) is 16.8 Å². The molecule has 52 heavy (non-hydrogen) atoms. The van der Waals surface area contributed by atoms with Gasteiger partial charge in [-0.25, -0.2) is 14.0 Å². The van der Waals surface area contributed by atoms with Gasteiger partial charge in [-0.05, 0) is 84.0 Å². The van der Waals surface area contributed by atoms with Gasteiger partial charge in [0.05, 0.1) is 41.0 Å². The molecule has 0 aliphatic carbocycles. The highest BCUT2D eigenvalue weighted by Crippen LogP contribution is 2.59. The summed E-state index contributed by atoms with van der Waals surface area (Å²) >= 11 is 13.1. The van der Waals surface area contributed by atoms with Crippen molar-refractivity contribution in [2.75, 3.05) is 23.9 Å². The number of benzene rings is 4. The molecule has 0 saturated carbocycles. The summed E-state index contributed by atoms with van der Waals surface area (Å²) in [6, 6.07) is 19.7. The molecular formula is C40H40Cl2FN3O6. The Balaban J connectivity index is 1.54. The van der Waals surface area contributed by atoms with Crippen LogP contribution in [0.1, 0.15) is 83.5 Å². The fourth-order valence-corrected chi connectivity index (χ4v) is 8.34. The number of carbonyl (C=O) groups excluding carboxylic acids is 1. The van der Waals surface area contributed by atoms with Crippen molar-refractivity contribution in [2.45, 2.75) is 63.6 Å². The number of halogens is 3. The van der Waals surface area contributed by atoms with Crippen LogP contribution in [0.15, 0.2) is 78.9 Å². The standard InChI is InChI=1S/C40H40Cl2FN3O6/c1-21(22-9-11-23(12-10-22)37(48)49)46-20-40(27-15-14-25(41)18-30(27)46)32(19-39(2,3)4)45-35(33(40)26-7-6-8-28(42)34(26)43)36(47)44-29-16-13-24(38(50)51)17-31(29)52-5/h6-18,21,32-33,35,45H,19-20H2,1-5H3,(H,44,47)(H,48,49)(H,50,51)/t21-,32+,33+,35-,40+/m1/s1. The maximum absolute atomic E-state index is 16.5. The quantitative estimate of drug-likeness (QED) is 0.134. The number of anilines is 2. The van der Waals surface area contributed by atoms with Gasteiger partial charge in [-0.15, -0.1) is 0 Å². The predicted octanol–water partition coefficient (Wildman–Crippen LogP) is 8.56. The van der Waals surface area contributed by atoms with Crippen LogP contribution in [0, 0.1) is 11.2 Å². The average molecular weight is 749 g/mol. The van der Waals surface area contributed by atoms with Gasteiger partial charge in [0.15, 0.2) is 0 Å². The van der Waals surface area contributed by atoms with Gasteiger partial charge in [0, 0.05) is 34.6 Å². The number of aromatic carboxylic acids is 2. The van der Waals surface area contributed by atoms with E-state index in [1.807, 2.05) is 19.1 Å². The predicted molar refractivity (Wildman–Crippen MR) is 200 cm³/mol. The van der Waals surface area contributed by atoms with E-state index in [9.17, 15) is 24.6 Å². The summed E-state index contributed by atoms with van der Waals surface area (Å²) in [5.74, 6) is -3.90. The summed E-state index contributed by atoms with van der Waals surface area (Å²) in [5.41, 5.74) is 2.12. The maximum atomic E-state index is 16.5. The lowest BCUT2D eigenvalue weighted by atomic mass is 9.63. The van der Waals surface area contributed by atoms with Gasteiger partial charge in [-0.1, -0.05) is 74.3 Å². The number of hydrogen-bond acceptors (Lipinski definition) is 6. The number of carbonyl (C=O) groups is 3. The molecule has 4 aromatic carbocycles. The molecule has 1 spiro atoms. The second kappa shape index (κ2) is 14.1. The fraction of sp³-hybridized carbons (Fsp3) is 0.325. The topological polar surface area (TPSA) is 128 Å². The van der Waals surface area contributed by atoms with Crippen LogP contribution in [0.3, 0.4) is 0 Å². The van der Waals surface area contributed by atoms with Crippen molar-refractivity contribution in [2.24, 2.45) is 5.41 Å². The Bertz CT molecular complexity index is 2050. The Morgan fingerprint density at radius 2 is 1.67 bits per heavy atom. The average Bonchev–Trinajstić information content (AvgIpc) is 3.59. The number of amides is 1. The van der Waals surface area contributed by atoms with Gasteiger partial charge in [-0.2, -0.15) is 0 Å². The Labute approximate surface area is 311 Å². The summed E-state index contributed by atoms with van der Waals surface area (Å²) in [6.07, 6.45) is 0.601. The molecule has 2 aliphatic heterocycles. The summed E-state index contributed by atoms with van der Waals surface area (Å²) < 4.78 is 21.9. The second-order valence-corrected chi connectivity index (χ2v) is 15.6. The molecule has 272 valence electrons. The van der Waals surface area contributed by atoms with Crippen molar-refractivity contribution in [3.05, 3.63) is 123 Å². The van der Waals surface area contributed by atoms with E-state index in [1.54, 1.807) is 42.5 Å². The molecule has 4 aromatic rings. The maximum Gasteiger partial charge on any atom is 0.335 e. The van der Waals surface area contributed by atoms with Gasteiger partial charge in [0.1, 0.15) is 11.6 Å². The fourth-order valence-electron chi connectivity index (χ4n) is 7.99. The van der Waals surface area contributed by atoms with Gasteiger partial charge in [0.25, 0.3) is 0 Å². The summed E-state index contributed by atoms with van der Waals surface area (Å²) in [5, 5.41) is 26.1. The number of carboxylic acid groups (broad SMARTS) is 2. The van der Waals surface area contributed by atoms with E-state index in [4.69, 9.17) is 27.9 Å². The molecule has 0 bridgehead atoms. The number of nitrogens with one attached hydrogen (secondary N) is 2. The molecule has 1 fully saturated rings. The van der Waals surface area contributed by atoms with Crippen molar-refractivity contribution in [3.63, 3.8) is 0 Å². The number of rotatable bonds is 9. The highest BCUT2D eigenvalue weighted by atomic mass is 35.5. The van der Waals surface area contributed by atoms with Crippen molar-refractivity contribution in [3.8, 4) is 5.75 Å². The van der Waals surface area contributed by atoms with Crippen LogP contribution in [0.25, 0.3) is 0 Å². The molecule has 9 nitrogen and oxygen atoms in total. The Hall–Kier alpha value is -4.64. The van der Waals surface area contributed by atoms with Crippen molar-refractivity contribution >= 4 is 52.4 Å². The number of fused-ring (bicyclic) bond motifs is 2. The number of hydrogen-bond donors (Lipinski definition) is 4. The smallest absolute Gasteiger partial charge is 0.335 e. The zero-order valence-electron chi connectivity index (χ0n) is 29.3. The largest absolute Gasteiger partial charge is 0.495 e. The SMILES string of the molecule is COc1cc(C(=O)O)ccc1NC(=O)[C@@H]1N[C@@H](CC(C)(C)C)[C@@]2(CN([C@H](C)c3ccc(C(=O)O)cc3)c3cc(Cl)ccc32)[C@H]1c1cccc(Cl)c1F. The molecule has 2 heterocycles. The van der Waals surface area contributed by atoms with Crippen LogP contribution in [0.5, 0.6) is 5.75 Å².